The van der Waals surface area contributed by atoms with Crippen LogP contribution in [0.4, 0.5) is 0 Å². The van der Waals surface area contributed by atoms with Crippen LogP contribution in [0.3, 0.4) is 0 Å². The number of hydrogen-bond donors (Lipinski definition) is 1. The molecular formula is C22H27N5O2. The molecule has 0 spiro atoms. The van der Waals surface area contributed by atoms with Gasteiger partial charge < -0.3 is 4.90 Å². The van der Waals surface area contributed by atoms with Crippen LogP contribution in [0.15, 0.2) is 41.2 Å². The molecule has 0 saturated carbocycles. The summed E-state index contributed by atoms with van der Waals surface area (Å²) in [6.45, 7) is 8.19. The molecule has 1 saturated heterocycles. The van der Waals surface area contributed by atoms with E-state index in [1.54, 1.807) is 10.7 Å². The SMILES string of the molecule is CC(C)(C)c1ccc(=O)n(CC2CCN(C(=O)c3n[nH]c4ccccc34)CC2)n1. The Morgan fingerprint density at radius 3 is 2.59 bits per heavy atom. The first-order valence-electron chi connectivity index (χ1n) is 10.1. The average Bonchev–Trinajstić information content (AvgIpc) is 3.13. The minimum Gasteiger partial charge on any atom is -0.337 e. The van der Waals surface area contributed by atoms with E-state index in [4.69, 9.17) is 0 Å². The van der Waals surface area contributed by atoms with Gasteiger partial charge in [0, 0.05) is 36.5 Å². The first-order chi connectivity index (χ1) is 13.8. The number of nitrogens with one attached hydrogen (secondary N) is 1. The molecule has 0 radical (unpaired) electrons. The molecule has 0 bridgehead atoms. The first-order valence-corrected chi connectivity index (χ1v) is 10.1. The molecule has 1 aromatic carbocycles. The monoisotopic (exact) mass is 393 g/mol. The number of aromatic amines is 1. The molecule has 7 heteroatoms. The Morgan fingerprint density at radius 2 is 1.86 bits per heavy atom. The molecule has 3 aromatic rings. The Bertz CT molecular complexity index is 1080. The highest BCUT2D eigenvalue weighted by atomic mass is 16.2. The molecule has 0 aliphatic carbocycles. The molecular weight excluding hydrogens is 366 g/mol. The van der Waals surface area contributed by atoms with Crippen LogP contribution in [0.5, 0.6) is 0 Å². The summed E-state index contributed by atoms with van der Waals surface area (Å²) in [5.74, 6) is 0.293. The summed E-state index contributed by atoms with van der Waals surface area (Å²) in [7, 11) is 0. The Morgan fingerprint density at radius 1 is 1.14 bits per heavy atom. The van der Waals surface area contributed by atoms with E-state index in [9.17, 15) is 9.59 Å². The lowest BCUT2D eigenvalue weighted by molar-refractivity contribution is 0.0676. The maximum absolute atomic E-state index is 12.9. The number of para-hydroxylation sites is 1. The smallest absolute Gasteiger partial charge is 0.274 e. The summed E-state index contributed by atoms with van der Waals surface area (Å²) in [5, 5.41) is 12.6. The number of carbonyl (C=O) groups excluding carboxylic acids is 1. The van der Waals surface area contributed by atoms with E-state index in [0.29, 0.717) is 31.2 Å². The van der Waals surface area contributed by atoms with E-state index >= 15 is 0 Å². The Labute approximate surface area is 169 Å². The van der Waals surface area contributed by atoms with Gasteiger partial charge in [-0.15, -0.1) is 0 Å². The fourth-order valence-corrected chi connectivity index (χ4v) is 3.82. The van der Waals surface area contributed by atoms with Gasteiger partial charge in [0.15, 0.2) is 5.69 Å². The number of H-pyrrole nitrogens is 1. The second-order valence-corrected chi connectivity index (χ2v) is 8.84. The van der Waals surface area contributed by atoms with Crippen LogP contribution in [0.2, 0.25) is 0 Å². The third-order valence-corrected chi connectivity index (χ3v) is 5.64. The molecule has 1 aliphatic rings. The molecule has 3 heterocycles. The molecule has 2 aromatic heterocycles. The van der Waals surface area contributed by atoms with E-state index in [-0.39, 0.29) is 16.9 Å². The lowest BCUT2D eigenvalue weighted by Crippen LogP contribution is -2.40. The number of fused-ring (bicyclic) bond motifs is 1. The minimum absolute atomic E-state index is 0.0362. The predicted octanol–water partition coefficient (Wildman–Crippen LogP) is 2.97. The van der Waals surface area contributed by atoms with Crippen molar-refractivity contribution >= 4 is 16.8 Å². The Balaban J connectivity index is 1.42. The lowest BCUT2D eigenvalue weighted by atomic mass is 9.92. The van der Waals surface area contributed by atoms with Gasteiger partial charge in [-0.25, -0.2) is 4.68 Å². The van der Waals surface area contributed by atoms with Crippen molar-refractivity contribution in [2.75, 3.05) is 13.1 Å². The van der Waals surface area contributed by atoms with Gasteiger partial charge in [0.05, 0.1) is 11.2 Å². The summed E-state index contributed by atoms with van der Waals surface area (Å²) in [5.41, 5.74) is 2.09. The maximum Gasteiger partial charge on any atom is 0.274 e. The van der Waals surface area contributed by atoms with Crippen LogP contribution >= 0.6 is 0 Å². The zero-order valence-corrected chi connectivity index (χ0v) is 17.2. The Kier molecular flexibility index (Phi) is 4.98. The van der Waals surface area contributed by atoms with Crippen molar-refractivity contribution in [1.29, 1.82) is 0 Å². The highest BCUT2D eigenvalue weighted by Crippen LogP contribution is 2.23. The van der Waals surface area contributed by atoms with Gasteiger partial charge >= 0.3 is 0 Å². The van der Waals surface area contributed by atoms with E-state index in [1.807, 2.05) is 35.2 Å². The molecule has 4 rings (SSSR count). The highest BCUT2D eigenvalue weighted by molar-refractivity contribution is 6.04. The van der Waals surface area contributed by atoms with Gasteiger partial charge in [0.2, 0.25) is 0 Å². The zero-order valence-electron chi connectivity index (χ0n) is 17.2. The number of benzene rings is 1. The number of hydrogen-bond acceptors (Lipinski definition) is 4. The summed E-state index contributed by atoms with van der Waals surface area (Å²) in [6.07, 6.45) is 1.70. The van der Waals surface area contributed by atoms with Gasteiger partial charge in [-0.1, -0.05) is 39.0 Å². The van der Waals surface area contributed by atoms with E-state index in [0.717, 1.165) is 29.4 Å². The number of rotatable bonds is 3. The molecule has 7 nitrogen and oxygen atoms in total. The molecule has 0 atom stereocenters. The zero-order chi connectivity index (χ0) is 20.6. The number of carbonyl (C=O) groups is 1. The molecule has 0 unspecified atom stereocenters. The van der Waals surface area contributed by atoms with E-state index in [1.165, 1.54) is 0 Å². The lowest BCUT2D eigenvalue weighted by Gasteiger charge is -2.31. The number of piperidine rings is 1. The van der Waals surface area contributed by atoms with Gasteiger partial charge in [-0.2, -0.15) is 10.2 Å². The fraction of sp³-hybridized carbons (Fsp3) is 0.455. The van der Waals surface area contributed by atoms with Gasteiger partial charge in [-0.05, 0) is 30.9 Å². The minimum atomic E-state index is -0.0996. The van der Waals surface area contributed by atoms with Crippen molar-refractivity contribution in [2.24, 2.45) is 5.92 Å². The fourth-order valence-electron chi connectivity index (χ4n) is 3.82. The van der Waals surface area contributed by atoms with Crippen molar-refractivity contribution in [3.8, 4) is 0 Å². The van der Waals surface area contributed by atoms with Crippen LogP contribution in [0.25, 0.3) is 10.9 Å². The molecule has 1 aliphatic heterocycles. The van der Waals surface area contributed by atoms with Gasteiger partial charge in [0.25, 0.3) is 11.5 Å². The van der Waals surface area contributed by atoms with Crippen LogP contribution in [0.1, 0.15) is 49.8 Å². The molecule has 1 amide bonds. The maximum atomic E-state index is 12.9. The molecule has 29 heavy (non-hydrogen) atoms. The standard InChI is InChI=1S/C22H27N5O2/c1-22(2,3)18-8-9-19(28)27(25-18)14-15-10-12-26(13-11-15)21(29)20-16-6-4-5-7-17(16)23-24-20/h4-9,15H,10-14H2,1-3H3,(H,23,24). The summed E-state index contributed by atoms with van der Waals surface area (Å²) in [4.78, 5) is 27.0. The summed E-state index contributed by atoms with van der Waals surface area (Å²) in [6, 6.07) is 11.1. The normalized spacial score (nSPS) is 15.8. The van der Waals surface area contributed by atoms with Crippen LogP contribution in [-0.4, -0.2) is 43.9 Å². The number of likely N-dealkylation sites (tertiary alicyclic amines) is 1. The predicted molar refractivity (Wildman–Crippen MR) is 112 cm³/mol. The van der Waals surface area contributed by atoms with Crippen molar-refractivity contribution in [3.63, 3.8) is 0 Å². The van der Waals surface area contributed by atoms with Crippen LogP contribution in [-0.2, 0) is 12.0 Å². The second-order valence-electron chi connectivity index (χ2n) is 8.84. The molecule has 1 N–H and O–H groups in total. The number of nitrogens with zero attached hydrogens (tertiary/aromatic N) is 4. The van der Waals surface area contributed by atoms with Crippen molar-refractivity contribution in [2.45, 2.75) is 45.6 Å². The van der Waals surface area contributed by atoms with E-state index in [2.05, 4.69) is 36.1 Å². The van der Waals surface area contributed by atoms with Crippen molar-refractivity contribution in [3.05, 3.63) is 58.1 Å². The van der Waals surface area contributed by atoms with Gasteiger partial charge in [0.1, 0.15) is 0 Å². The van der Waals surface area contributed by atoms with Crippen molar-refractivity contribution in [1.82, 2.24) is 24.9 Å². The third-order valence-electron chi connectivity index (χ3n) is 5.64. The highest BCUT2D eigenvalue weighted by Gasteiger charge is 2.27. The third kappa shape index (κ3) is 3.95. The molecule has 152 valence electrons. The van der Waals surface area contributed by atoms with Crippen LogP contribution < -0.4 is 5.56 Å². The Hall–Kier alpha value is -2.96. The van der Waals surface area contributed by atoms with Crippen LogP contribution in [0, 0.1) is 5.92 Å². The topological polar surface area (TPSA) is 83.9 Å². The van der Waals surface area contributed by atoms with Gasteiger partial charge in [-0.3, -0.25) is 14.7 Å². The quantitative estimate of drug-likeness (QED) is 0.741. The second kappa shape index (κ2) is 7.46. The van der Waals surface area contributed by atoms with E-state index < -0.39 is 0 Å². The largest absolute Gasteiger partial charge is 0.337 e. The summed E-state index contributed by atoms with van der Waals surface area (Å²) < 4.78 is 1.59. The number of amides is 1. The average molecular weight is 393 g/mol. The summed E-state index contributed by atoms with van der Waals surface area (Å²) >= 11 is 0. The van der Waals surface area contributed by atoms with Crippen molar-refractivity contribution < 1.29 is 4.79 Å². The molecule has 1 fully saturated rings. The number of aromatic nitrogens is 4. The first kappa shape index (κ1) is 19.4.